The molecule has 546 valence electrons. The molecular formula is C62H113N7O25. The highest BCUT2D eigenvalue weighted by atomic mass is 16.7. The van der Waals surface area contributed by atoms with Crippen LogP contribution in [0.2, 0.25) is 0 Å². The Morgan fingerprint density at radius 2 is 0.979 bits per heavy atom. The van der Waals surface area contributed by atoms with Gasteiger partial charge in [-0.05, 0) is 25.7 Å². The van der Waals surface area contributed by atoms with Crippen LogP contribution in [0, 0.1) is 0 Å². The van der Waals surface area contributed by atoms with E-state index < -0.39 is 79.0 Å². The van der Waals surface area contributed by atoms with E-state index in [2.05, 4.69) is 31.9 Å². The molecule has 2 aliphatic heterocycles. The summed E-state index contributed by atoms with van der Waals surface area (Å²) in [7, 11) is 0. The van der Waals surface area contributed by atoms with E-state index in [0.29, 0.717) is 45.4 Å². The van der Waals surface area contributed by atoms with Gasteiger partial charge in [0.1, 0.15) is 42.2 Å². The van der Waals surface area contributed by atoms with Crippen LogP contribution in [0.5, 0.6) is 0 Å². The average Bonchev–Trinajstić information content (AvgIpc) is 1.03. The highest BCUT2D eigenvalue weighted by Crippen LogP contribution is 2.34. The van der Waals surface area contributed by atoms with Crippen molar-refractivity contribution in [2.45, 2.75) is 196 Å². The van der Waals surface area contributed by atoms with E-state index in [0.717, 1.165) is 70.6 Å². The average molecular weight is 1360 g/mol. The third-order valence-corrected chi connectivity index (χ3v) is 15.3. The SMILES string of the molecule is CC(=O)NC1C(O)CC(CO)OC1OCCOCCOCCNC(=O)CCOCC(COCCC=O)(COCCC(=O)NCCOCCOCCOC1OC(CO)C(O)C(O)C1NC(C)=O)NC(=O)CCCCCCCCCCC(=O)NCCOC1(OCCN)CCCC1. The molecule has 3 aliphatic rings. The topological polar surface area (TPSA) is 439 Å². The minimum Gasteiger partial charge on any atom is -0.394 e. The van der Waals surface area contributed by atoms with Gasteiger partial charge in [-0.2, -0.15) is 0 Å². The smallest absolute Gasteiger partial charge is 0.222 e. The summed E-state index contributed by atoms with van der Waals surface area (Å²) in [6.45, 7) is 4.86. The molecule has 13 N–H and O–H groups in total. The Labute approximate surface area is 552 Å². The third-order valence-electron chi connectivity index (χ3n) is 15.3. The van der Waals surface area contributed by atoms with Gasteiger partial charge in [-0.3, -0.25) is 28.8 Å². The number of ether oxygens (including phenoxy) is 13. The van der Waals surface area contributed by atoms with Gasteiger partial charge < -0.3 is 130 Å². The van der Waals surface area contributed by atoms with Gasteiger partial charge in [0.15, 0.2) is 18.4 Å². The summed E-state index contributed by atoms with van der Waals surface area (Å²) in [6, 6.07) is -1.88. The number of nitrogens with two attached hydrogens (primary N) is 1. The molecule has 0 radical (unpaired) electrons. The summed E-state index contributed by atoms with van der Waals surface area (Å²) < 4.78 is 74.5. The van der Waals surface area contributed by atoms with Crippen LogP contribution in [0.3, 0.4) is 0 Å². The molecule has 10 atom stereocenters. The van der Waals surface area contributed by atoms with Gasteiger partial charge in [0.25, 0.3) is 0 Å². The Morgan fingerprint density at radius 1 is 0.521 bits per heavy atom. The molecule has 0 spiro atoms. The first kappa shape index (κ1) is 84.0. The number of aldehydes is 1. The summed E-state index contributed by atoms with van der Waals surface area (Å²) >= 11 is 0. The molecule has 0 bridgehead atoms. The van der Waals surface area contributed by atoms with E-state index in [1.807, 2.05) is 0 Å². The number of carbonyl (C=O) groups excluding carboxylic acids is 7. The lowest BCUT2D eigenvalue weighted by molar-refractivity contribution is -0.272. The summed E-state index contributed by atoms with van der Waals surface area (Å²) in [5.74, 6) is -2.34. The first-order chi connectivity index (χ1) is 45.5. The molecule has 2 saturated heterocycles. The maximum atomic E-state index is 13.6. The monoisotopic (exact) mass is 1360 g/mol. The first-order valence-electron chi connectivity index (χ1n) is 33.4. The van der Waals surface area contributed by atoms with Crippen LogP contribution >= 0.6 is 0 Å². The number of aliphatic hydroxyl groups is 5. The van der Waals surface area contributed by atoms with E-state index in [-0.39, 0.29) is 187 Å². The van der Waals surface area contributed by atoms with Crippen molar-refractivity contribution in [3.63, 3.8) is 0 Å². The highest BCUT2D eigenvalue weighted by Gasteiger charge is 2.46. The number of hydrogen-bond acceptors (Lipinski definition) is 26. The number of rotatable bonds is 58. The molecule has 6 amide bonds. The Balaban J connectivity index is 1.39. The summed E-state index contributed by atoms with van der Waals surface area (Å²) in [6.07, 6.45) is 4.65. The predicted octanol–water partition coefficient (Wildman–Crippen LogP) is -2.21. The van der Waals surface area contributed by atoms with Gasteiger partial charge in [-0.25, -0.2) is 0 Å². The molecule has 32 heteroatoms. The fourth-order valence-corrected chi connectivity index (χ4v) is 10.5. The first-order valence-corrected chi connectivity index (χ1v) is 33.4. The van der Waals surface area contributed by atoms with Crippen molar-refractivity contribution in [2.75, 3.05) is 158 Å². The van der Waals surface area contributed by atoms with Gasteiger partial charge in [-0.15, -0.1) is 0 Å². The second-order valence-corrected chi connectivity index (χ2v) is 23.4. The molecule has 0 aromatic carbocycles. The zero-order valence-electron chi connectivity index (χ0n) is 55.5. The van der Waals surface area contributed by atoms with Gasteiger partial charge in [0.05, 0.1) is 144 Å². The summed E-state index contributed by atoms with van der Waals surface area (Å²) in [5.41, 5.74) is 4.35. The zero-order valence-corrected chi connectivity index (χ0v) is 55.5. The third kappa shape index (κ3) is 37.5. The largest absolute Gasteiger partial charge is 0.394 e. The van der Waals surface area contributed by atoms with Crippen LogP contribution < -0.4 is 37.6 Å². The molecule has 3 fully saturated rings. The Morgan fingerprint density at radius 3 is 1.49 bits per heavy atom. The van der Waals surface area contributed by atoms with Gasteiger partial charge in [0, 0.05) is 91.4 Å². The van der Waals surface area contributed by atoms with Crippen LogP contribution in [0.4, 0.5) is 0 Å². The van der Waals surface area contributed by atoms with E-state index >= 15 is 0 Å². The quantitative estimate of drug-likeness (QED) is 0.0174. The highest BCUT2D eigenvalue weighted by molar-refractivity contribution is 5.77. The van der Waals surface area contributed by atoms with Crippen molar-refractivity contribution >= 4 is 41.7 Å². The lowest BCUT2D eigenvalue weighted by atomic mass is 9.97. The van der Waals surface area contributed by atoms with Crippen molar-refractivity contribution in [3.05, 3.63) is 0 Å². The number of amides is 6. The normalized spacial score (nSPS) is 22.4. The number of carbonyl (C=O) groups is 7. The standard InChI is InChI=1S/C62H113N7O25/c1-46(73)67-55-49(75)40-48(41-71)93-59(55)89-38-36-84-34-32-82-29-21-64-52(77)16-26-87-44-61(43-86-25-13-24-70,69-54(79)15-10-8-6-4-3-5-7-9-14-51(76)66-23-31-92-62(91-28-20-63)18-11-12-19-62)45-88-27-17-53(78)65-22-30-83-33-35-85-37-39-90-60-56(68-47(2)74)58(81)57(80)50(42-72)94-60/h24,48-50,55-60,71-72,75,80-81H,3-23,25-45,63H2,1-2H3,(H,64,77)(H,65,78)(H,66,76)(H,67,73)(H,68,74)(H,69,79). The zero-order chi connectivity index (χ0) is 68.5. The molecule has 2 heterocycles. The number of unbranched alkanes of at least 4 members (excludes halogenated alkanes) is 7. The molecule has 0 aromatic heterocycles. The fraction of sp³-hybridized carbons (Fsp3) is 0.887. The minimum absolute atomic E-state index is 0.00144. The molecule has 3 rings (SSSR count). The molecule has 32 nitrogen and oxygen atoms in total. The molecule has 0 aromatic rings. The lowest BCUT2D eigenvalue weighted by Crippen LogP contribution is -2.64. The maximum Gasteiger partial charge on any atom is 0.222 e. The predicted molar refractivity (Wildman–Crippen MR) is 335 cm³/mol. The van der Waals surface area contributed by atoms with Crippen LogP contribution in [0.25, 0.3) is 0 Å². The Bertz CT molecular complexity index is 2060. The lowest BCUT2D eigenvalue weighted by Gasteiger charge is -2.42. The van der Waals surface area contributed by atoms with Crippen LogP contribution in [0.1, 0.15) is 129 Å². The van der Waals surface area contributed by atoms with Crippen molar-refractivity contribution < 1.29 is 121 Å². The van der Waals surface area contributed by atoms with Crippen LogP contribution in [0.15, 0.2) is 0 Å². The second-order valence-electron chi connectivity index (χ2n) is 23.4. The van der Waals surface area contributed by atoms with Crippen LogP contribution in [-0.4, -0.2) is 292 Å². The molecule has 1 saturated carbocycles. The number of aliphatic hydroxyl groups excluding tert-OH is 5. The van der Waals surface area contributed by atoms with Crippen molar-refractivity contribution in [1.29, 1.82) is 0 Å². The summed E-state index contributed by atoms with van der Waals surface area (Å²) in [5, 5.41) is 66.7. The Kier molecular flexibility index (Phi) is 46.3. The Hall–Kier alpha value is -4.27. The summed E-state index contributed by atoms with van der Waals surface area (Å²) in [4.78, 5) is 86.2. The maximum absolute atomic E-state index is 13.6. The van der Waals surface area contributed by atoms with Crippen molar-refractivity contribution in [1.82, 2.24) is 31.9 Å². The molecular weight excluding hydrogens is 1240 g/mol. The van der Waals surface area contributed by atoms with E-state index in [4.69, 9.17) is 67.3 Å². The molecule has 1 aliphatic carbocycles. The van der Waals surface area contributed by atoms with Gasteiger partial charge >= 0.3 is 0 Å². The van der Waals surface area contributed by atoms with E-state index in [1.54, 1.807) is 0 Å². The fourth-order valence-electron chi connectivity index (χ4n) is 10.5. The molecule has 10 unspecified atom stereocenters. The van der Waals surface area contributed by atoms with Crippen molar-refractivity contribution in [2.24, 2.45) is 5.73 Å². The van der Waals surface area contributed by atoms with E-state index in [9.17, 15) is 59.1 Å². The van der Waals surface area contributed by atoms with Crippen molar-refractivity contribution in [3.8, 4) is 0 Å². The van der Waals surface area contributed by atoms with E-state index in [1.165, 1.54) is 13.8 Å². The minimum atomic E-state index is -1.44. The second kappa shape index (κ2) is 51.9. The number of hydrogen-bond donors (Lipinski definition) is 12. The van der Waals surface area contributed by atoms with Gasteiger partial charge in [0.2, 0.25) is 35.4 Å². The number of nitrogens with one attached hydrogen (secondary N) is 6. The van der Waals surface area contributed by atoms with Gasteiger partial charge in [-0.1, -0.05) is 38.5 Å². The molecule has 94 heavy (non-hydrogen) atoms. The van der Waals surface area contributed by atoms with Crippen LogP contribution in [-0.2, 0) is 95.1 Å².